The van der Waals surface area contributed by atoms with Crippen LogP contribution in [0.1, 0.15) is 23.7 Å². The van der Waals surface area contributed by atoms with E-state index in [1.165, 1.54) is 0 Å². The van der Waals surface area contributed by atoms with Gasteiger partial charge in [0.25, 0.3) is 0 Å². The minimum absolute atomic E-state index is 0.0362. The largest absolute Gasteiger partial charge is 0.406 e. The van der Waals surface area contributed by atoms with Gasteiger partial charge in [0, 0.05) is 25.2 Å². The van der Waals surface area contributed by atoms with Crippen LogP contribution in [-0.4, -0.2) is 41.1 Å². The molecule has 3 rings (SSSR count). The van der Waals surface area contributed by atoms with E-state index in [0.717, 1.165) is 16.2 Å². The number of hydrogen-bond donors (Lipinski definition) is 1. The first kappa shape index (κ1) is 17.4. The van der Waals surface area contributed by atoms with Gasteiger partial charge in [0.1, 0.15) is 6.54 Å². The molecule has 1 aromatic heterocycles. The summed E-state index contributed by atoms with van der Waals surface area (Å²) in [5.74, 6) is -0.484. The predicted molar refractivity (Wildman–Crippen MR) is 86.7 cm³/mol. The third kappa shape index (κ3) is 4.57. The molecule has 2 heterocycles. The number of alkyl halides is 3. The number of amides is 1. The van der Waals surface area contributed by atoms with E-state index in [9.17, 15) is 18.0 Å². The van der Waals surface area contributed by atoms with Gasteiger partial charge < -0.3 is 4.90 Å². The molecule has 0 aliphatic carbocycles. The maximum Gasteiger partial charge on any atom is 0.406 e. The Morgan fingerprint density at radius 2 is 1.88 bits per heavy atom. The van der Waals surface area contributed by atoms with E-state index in [2.05, 4.69) is 10.3 Å². The van der Waals surface area contributed by atoms with Crippen LogP contribution in [0.15, 0.2) is 54.7 Å². The normalized spacial score (nSPS) is 19.2. The van der Waals surface area contributed by atoms with Crippen molar-refractivity contribution in [3.63, 3.8) is 0 Å². The minimum atomic E-state index is -4.38. The zero-order valence-corrected chi connectivity index (χ0v) is 13.4. The van der Waals surface area contributed by atoms with Crippen LogP contribution in [0.5, 0.6) is 0 Å². The maximum absolute atomic E-state index is 12.6. The lowest BCUT2D eigenvalue weighted by Gasteiger charge is -2.23. The Morgan fingerprint density at radius 1 is 1.16 bits per heavy atom. The van der Waals surface area contributed by atoms with Gasteiger partial charge in [-0.1, -0.05) is 36.4 Å². The number of likely N-dealkylation sites (tertiary alicyclic amines) is 1. The highest BCUT2D eigenvalue weighted by atomic mass is 19.4. The summed E-state index contributed by atoms with van der Waals surface area (Å²) in [7, 11) is 0. The molecule has 4 nitrogen and oxygen atoms in total. The minimum Gasteiger partial charge on any atom is -0.332 e. The lowest BCUT2D eigenvalue weighted by atomic mass is 10.0. The van der Waals surface area contributed by atoms with Gasteiger partial charge in [-0.15, -0.1) is 0 Å². The topological polar surface area (TPSA) is 45.2 Å². The Balaban J connectivity index is 1.77. The fourth-order valence-corrected chi connectivity index (χ4v) is 3.03. The number of pyridine rings is 1. The van der Waals surface area contributed by atoms with Crippen LogP contribution in [0.4, 0.5) is 13.2 Å². The van der Waals surface area contributed by atoms with E-state index in [1.807, 2.05) is 42.5 Å². The first-order chi connectivity index (χ1) is 11.9. The van der Waals surface area contributed by atoms with Crippen LogP contribution in [0.3, 0.4) is 0 Å². The summed E-state index contributed by atoms with van der Waals surface area (Å²) in [6.45, 7) is -1.17. The molecular formula is C18H18F3N3O. The quantitative estimate of drug-likeness (QED) is 0.903. The molecule has 1 aromatic carbocycles. The second-order valence-electron chi connectivity index (χ2n) is 6.06. The molecule has 1 fully saturated rings. The fourth-order valence-electron chi connectivity index (χ4n) is 3.03. The van der Waals surface area contributed by atoms with Crippen LogP contribution >= 0.6 is 0 Å². The first-order valence-corrected chi connectivity index (χ1v) is 7.99. The number of nitrogens with zero attached hydrogens (tertiary/aromatic N) is 2. The molecular weight excluding hydrogens is 331 g/mol. The molecule has 1 aliphatic rings. The average Bonchev–Trinajstić information content (AvgIpc) is 2.92. The van der Waals surface area contributed by atoms with Crippen molar-refractivity contribution in [1.29, 1.82) is 0 Å². The van der Waals surface area contributed by atoms with Gasteiger partial charge in [0.15, 0.2) is 0 Å². The van der Waals surface area contributed by atoms with Gasteiger partial charge in [-0.25, -0.2) is 0 Å². The molecule has 132 valence electrons. The zero-order chi connectivity index (χ0) is 17.9. The Labute approximate surface area is 143 Å². The highest BCUT2D eigenvalue weighted by molar-refractivity contribution is 5.79. The number of carbonyl (C=O) groups excluding carboxylic acids is 1. The number of benzene rings is 1. The van der Waals surface area contributed by atoms with Gasteiger partial charge in [0.2, 0.25) is 5.91 Å². The molecule has 0 radical (unpaired) electrons. The molecule has 0 bridgehead atoms. The van der Waals surface area contributed by atoms with Crippen molar-refractivity contribution in [2.24, 2.45) is 0 Å². The molecule has 2 aromatic rings. The summed E-state index contributed by atoms with van der Waals surface area (Å²) in [5, 5.41) is 3.30. The summed E-state index contributed by atoms with van der Waals surface area (Å²) < 4.78 is 37.7. The van der Waals surface area contributed by atoms with E-state index >= 15 is 0 Å². The number of aromatic nitrogens is 1. The predicted octanol–water partition coefficient (Wildman–Crippen LogP) is 2.92. The van der Waals surface area contributed by atoms with Crippen LogP contribution in [0.25, 0.3) is 0 Å². The molecule has 0 saturated carbocycles. The molecule has 0 unspecified atom stereocenters. The van der Waals surface area contributed by atoms with Gasteiger partial charge in [-0.2, -0.15) is 13.2 Å². The summed E-state index contributed by atoms with van der Waals surface area (Å²) in [5.41, 5.74) is 1.71. The third-order valence-corrected chi connectivity index (χ3v) is 4.10. The van der Waals surface area contributed by atoms with E-state index in [0.29, 0.717) is 0 Å². The number of nitrogens with one attached hydrogen (secondary N) is 1. The molecule has 1 amide bonds. The van der Waals surface area contributed by atoms with Crippen molar-refractivity contribution in [2.75, 3.05) is 13.1 Å². The van der Waals surface area contributed by atoms with Crippen molar-refractivity contribution in [3.05, 3.63) is 66.0 Å². The van der Waals surface area contributed by atoms with Crippen molar-refractivity contribution in [3.8, 4) is 0 Å². The molecule has 25 heavy (non-hydrogen) atoms. The Bertz CT molecular complexity index is 667. The lowest BCUT2D eigenvalue weighted by Crippen LogP contribution is -2.39. The fraction of sp³-hybridized carbons (Fsp3) is 0.333. The van der Waals surface area contributed by atoms with E-state index < -0.39 is 18.6 Å². The average molecular weight is 349 g/mol. The van der Waals surface area contributed by atoms with Crippen molar-refractivity contribution in [2.45, 2.75) is 24.7 Å². The molecule has 0 spiro atoms. The summed E-state index contributed by atoms with van der Waals surface area (Å²) in [6.07, 6.45) is -2.67. The zero-order valence-electron chi connectivity index (χ0n) is 13.4. The Kier molecular flexibility index (Phi) is 5.03. The Hall–Kier alpha value is -2.41. The van der Waals surface area contributed by atoms with E-state index in [4.69, 9.17) is 0 Å². The van der Waals surface area contributed by atoms with Crippen LogP contribution < -0.4 is 5.32 Å². The van der Waals surface area contributed by atoms with Gasteiger partial charge >= 0.3 is 6.18 Å². The highest BCUT2D eigenvalue weighted by Gasteiger charge is 2.39. The van der Waals surface area contributed by atoms with Crippen LogP contribution in [-0.2, 0) is 4.79 Å². The molecule has 7 heteroatoms. The SMILES string of the molecule is O=C1C[C@@H](N[C@@H](c2ccccc2)c2ccccn2)CN1CC(F)(F)F. The monoisotopic (exact) mass is 349 g/mol. The van der Waals surface area contributed by atoms with Gasteiger partial charge in [-0.3, -0.25) is 15.1 Å². The smallest absolute Gasteiger partial charge is 0.332 e. The maximum atomic E-state index is 12.6. The van der Waals surface area contributed by atoms with Gasteiger partial charge in [0.05, 0.1) is 11.7 Å². The lowest BCUT2D eigenvalue weighted by molar-refractivity contribution is -0.157. The molecule has 2 atom stereocenters. The van der Waals surface area contributed by atoms with E-state index in [-0.39, 0.29) is 25.0 Å². The third-order valence-electron chi connectivity index (χ3n) is 4.10. The second kappa shape index (κ2) is 7.23. The highest BCUT2D eigenvalue weighted by Crippen LogP contribution is 2.25. The summed E-state index contributed by atoms with van der Waals surface area (Å²) in [6, 6.07) is 14.4. The number of carbonyl (C=O) groups is 1. The molecule has 1 N–H and O–H groups in total. The summed E-state index contributed by atoms with van der Waals surface area (Å²) in [4.78, 5) is 17.1. The van der Waals surface area contributed by atoms with E-state index in [1.54, 1.807) is 12.3 Å². The molecule has 1 aliphatic heterocycles. The Morgan fingerprint density at radius 3 is 2.52 bits per heavy atom. The number of hydrogen-bond acceptors (Lipinski definition) is 3. The number of rotatable bonds is 5. The summed E-state index contributed by atoms with van der Waals surface area (Å²) >= 11 is 0. The van der Waals surface area contributed by atoms with Crippen LogP contribution in [0.2, 0.25) is 0 Å². The number of halogens is 3. The van der Waals surface area contributed by atoms with Crippen molar-refractivity contribution < 1.29 is 18.0 Å². The second-order valence-corrected chi connectivity index (χ2v) is 6.06. The standard InChI is InChI=1S/C18H18F3N3O/c19-18(20,21)12-24-11-14(10-16(24)25)23-17(13-6-2-1-3-7-13)15-8-4-5-9-22-15/h1-9,14,17,23H,10-12H2/t14-,17+/m1/s1. The first-order valence-electron chi connectivity index (χ1n) is 7.99. The molecule has 1 saturated heterocycles. The van der Waals surface area contributed by atoms with Crippen LogP contribution in [0, 0.1) is 0 Å². The van der Waals surface area contributed by atoms with Crippen molar-refractivity contribution in [1.82, 2.24) is 15.2 Å². The van der Waals surface area contributed by atoms with Gasteiger partial charge in [-0.05, 0) is 17.7 Å². The van der Waals surface area contributed by atoms with Crippen molar-refractivity contribution >= 4 is 5.91 Å².